The Hall–Kier alpha value is -2.89. The molecule has 1 aromatic carbocycles. The molecule has 0 unspecified atom stereocenters. The van der Waals surface area contributed by atoms with Crippen molar-refractivity contribution >= 4 is 17.4 Å². The highest BCUT2D eigenvalue weighted by molar-refractivity contribution is 5.79. The first kappa shape index (κ1) is 17.5. The van der Waals surface area contributed by atoms with Gasteiger partial charge >= 0.3 is 0 Å². The Morgan fingerprint density at radius 2 is 1.96 bits per heavy atom. The lowest BCUT2D eigenvalue weighted by atomic mass is 9.96. The van der Waals surface area contributed by atoms with Crippen molar-refractivity contribution in [2.45, 2.75) is 26.2 Å². The molecule has 1 fully saturated rings. The van der Waals surface area contributed by atoms with E-state index in [9.17, 15) is 4.79 Å². The summed E-state index contributed by atoms with van der Waals surface area (Å²) in [6.45, 7) is 4.41. The zero-order chi connectivity index (χ0) is 18.6. The summed E-state index contributed by atoms with van der Waals surface area (Å²) in [5, 5.41) is 7.50. The number of amides is 1. The van der Waals surface area contributed by atoms with Crippen molar-refractivity contribution < 1.29 is 4.79 Å². The van der Waals surface area contributed by atoms with Crippen LogP contribution in [-0.2, 0) is 11.2 Å². The number of hydrogen-bond acceptors (Lipinski definition) is 4. The van der Waals surface area contributed by atoms with Crippen molar-refractivity contribution in [2.75, 3.05) is 24.5 Å². The van der Waals surface area contributed by atoms with Gasteiger partial charge in [0.2, 0.25) is 5.91 Å². The Morgan fingerprint density at radius 3 is 2.74 bits per heavy atom. The number of rotatable bonds is 5. The summed E-state index contributed by atoms with van der Waals surface area (Å²) >= 11 is 0. The fraction of sp³-hybridized carbons (Fsp3) is 0.381. The van der Waals surface area contributed by atoms with Crippen LogP contribution < -0.4 is 10.2 Å². The van der Waals surface area contributed by atoms with Crippen LogP contribution in [0.2, 0.25) is 0 Å². The molecule has 1 aliphatic rings. The van der Waals surface area contributed by atoms with E-state index in [-0.39, 0.29) is 11.8 Å². The number of benzene rings is 1. The van der Waals surface area contributed by atoms with Gasteiger partial charge in [-0.3, -0.25) is 4.79 Å². The molecule has 0 spiro atoms. The zero-order valence-corrected chi connectivity index (χ0v) is 15.6. The molecule has 4 rings (SSSR count). The highest BCUT2D eigenvalue weighted by Gasteiger charge is 2.26. The summed E-state index contributed by atoms with van der Waals surface area (Å²) in [4.78, 5) is 19.3. The molecule has 0 bridgehead atoms. The monoisotopic (exact) mass is 363 g/mol. The van der Waals surface area contributed by atoms with Crippen LogP contribution in [0, 0.1) is 12.8 Å². The smallest absolute Gasteiger partial charge is 0.223 e. The van der Waals surface area contributed by atoms with Crippen molar-refractivity contribution in [1.82, 2.24) is 19.9 Å². The van der Waals surface area contributed by atoms with Crippen LogP contribution >= 0.6 is 0 Å². The fourth-order valence-electron chi connectivity index (χ4n) is 3.73. The van der Waals surface area contributed by atoms with E-state index in [1.54, 1.807) is 6.20 Å². The summed E-state index contributed by atoms with van der Waals surface area (Å²) in [6.07, 6.45) is 4.37. The van der Waals surface area contributed by atoms with Gasteiger partial charge in [0.15, 0.2) is 5.65 Å². The van der Waals surface area contributed by atoms with Gasteiger partial charge in [0.05, 0.1) is 6.20 Å². The minimum Gasteiger partial charge on any atom is -0.356 e. The van der Waals surface area contributed by atoms with E-state index >= 15 is 0 Å². The highest BCUT2D eigenvalue weighted by atomic mass is 16.1. The van der Waals surface area contributed by atoms with Crippen LogP contribution in [0.1, 0.15) is 24.1 Å². The number of aryl methyl sites for hydroxylation is 1. The molecule has 6 nitrogen and oxygen atoms in total. The molecular weight excluding hydrogens is 338 g/mol. The molecule has 2 aromatic heterocycles. The van der Waals surface area contributed by atoms with Gasteiger partial charge in [-0.2, -0.15) is 9.61 Å². The van der Waals surface area contributed by atoms with Crippen LogP contribution in [-0.4, -0.2) is 40.1 Å². The fourth-order valence-corrected chi connectivity index (χ4v) is 3.73. The van der Waals surface area contributed by atoms with E-state index in [1.807, 2.05) is 35.7 Å². The molecule has 140 valence electrons. The molecule has 6 heteroatoms. The van der Waals surface area contributed by atoms with Crippen LogP contribution in [0.3, 0.4) is 0 Å². The van der Waals surface area contributed by atoms with E-state index in [0.717, 1.165) is 49.5 Å². The maximum Gasteiger partial charge on any atom is 0.223 e. The second-order valence-corrected chi connectivity index (χ2v) is 7.14. The van der Waals surface area contributed by atoms with Crippen molar-refractivity contribution in [2.24, 2.45) is 5.92 Å². The van der Waals surface area contributed by atoms with E-state index in [2.05, 4.69) is 38.5 Å². The van der Waals surface area contributed by atoms with Gasteiger partial charge in [0, 0.05) is 43.4 Å². The van der Waals surface area contributed by atoms with Gasteiger partial charge in [-0.15, -0.1) is 0 Å². The topological polar surface area (TPSA) is 62.5 Å². The third kappa shape index (κ3) is 3.94. The van der Waals surface area contributed by atoms with Crippen LogP contribution in [0.4, 0.5) is 5.82 Å². The minimum atomic E-state index is 0.0908. The first-order chi connectivity index (χ1) is 13.2. The number of nitrogens with one attached hydrogen (secondary N) is 1. The number of anilines is 1. The molecule has 27 heavy (non-hydrogen) atoms. The van der Waals surface area contributed by atoms with E-state index in [4.69, 9.17) is 0 Å². The van der Waals surface area contributed by atoms with Gasteiger partial charge in [-0.1, -0.05) is 30.3 Å². The summed E-state index contributed by atoms with van der Waals surface area (Å²) < 4.78 is 1.88. The Morgan fingerprint density at radius 1 is 1.19 bits per heavy atom. The van der Waals surface area contributed by atoms with E-state index < -0.39 is 0 Å². The van der Waals surface area contributed by atoms with Crippen LogP contribution in [0.5, 0.6) is 0 Å². The number of piperidine rings is 1. The predicted octanol–water partition coefficient (Wildman–Crippen LogP) is 2.61. The largest absolute Gasteiger partial charge is 0.356 e. The van der Waals surface area contributed by atoms with Gasteiger partial charge in [-0.25, -0.2) is 4.98 Å². The third-order valence-corrected chi connectivity index (χ3v) is 5.21. The molecule has 0 aliphatic carbocycles. The summed E-state index contributed by atoms with van der Waals surface area (Å²) in [7, 11) is 0. The summed E-state index contributed by atoms with van der Waals surface area (Å²) in [6, 6.07) is 14.3. The molecule has 1 aliphatic heterocycles. The van der Waals surface area contributed by atoms with Crippen LogP contribution in [0.25, 0.3) is 5.65 Å². The van der Waals surface area contributed by atoms with Crippen molar-refractivity contribution in [1.29, 1.82) is 0 Å². The van der Waals surface area contributed by atoms with Gasteiger partial charge in [-0.05, 0) is 31.7 Å². The van der Waals surface area contributed by atoms with E-state index in [0.29, 0.717) is 6.54 Å². The molecule has 1 saturated heterocycles. The molecule has 1 N–H and O–H groups in total. The standard InChI is InChI=1S/C21H25N5O/c1-16-15-20(26-19(24-16)8-12-23-26)25-13-9-18(10-14-25)21(27)22-11-7-17-5-3-2-4-6-17/h2-6,8,12,15,18H,7,9-11,13-14H2,1H3,(H,22,27). The van der Waals surface area contributed by atoms with Gasteiger partial charge < -0.3 is 10.2 Å². The average Bonchev–Trinajstić information content (AvgIpc) is 3.16. The molecular formula is C21H25N5O. The first-order valence-electron chi connectivity index (χ1n) is 9.59. The SMILES string of the molecule is Cc1cc(N2CCC(C(=O)NCCc3ccccc3)CC2)n2nccc2n1. The normalized spacial score (nSPS) is 15.2. The molecule has 3 aromatic rings. The van der Waals surface area contributed by atoms with Crippen molar-refractivity contribution in [3.63, 3.8) is 0 Å². The quantitative estimate of drug-likeness (QED) is 0.757. The molecule has 1 amide bonds. The molecule has 0 radical (unpaired) electrons. The predicted molar refractivity (Wildman–Crippen MR) is 106 cm³/mol. The first-order valence-corrected chi connectivity index (χ1v) is 9.59. The molecule has 0 atom stereocenters. The number of aromatic nitrogens is 3. The van der Waals surface area contributed by atoms with Crippen molar-refractivity contribution in [3.8, 4) is 0 Å². The van der Waals surface area contributed by atoms with Crippen molar-refractivity contribution in [3.05, 3.63) is 59.9 Å². The summed E-state index contributed by atoms with van der Waals surface area (Å²) in [5.41, 5.74) is 3.11. The highest BCUT2D eigenvalue weighted by Crippen LogP contribution is 2.24. The maximum atomic E-state index is 12.5. The summed E-state index contributed by atoms with van der Waals surface area (Å²) in [5.74, 6) is 1.33. The Labute approximate surface area is 159 Å². The lowest BCUT2D eigenvalue weighted by Crippen LogP contribution is -2.41. The second kappa shape index (κ2) is 7.78. The molecule has 3 heterocycles. The Bertz CT molecular complexity index is 913. The minimum absolute atomic E-state index is 0.0908. The third-order valence-electron chi connectivity index (χ3n) is 5.21. The lowest BCUT2D eigenvalue weighted by molar-refractivity contribution is -0.125. The molecule has 0 saturated carbocycles. The van der Waals surface area contributed by atoms with Crippen LogP contribution in [0.15, 0.2) is 48.7 Å². The number of fused-ring (bicyclic) bond motifs is 1. The maximum absolute atomic E-state index is 12.5. The number of hydrogen-bond donors (Lipinski definition) is 1. The Kier molecular flexibility index (Phi) is 5.05. The number of nitrogens with zero attached hydrogens (tertiary/aromatic N) is 4. The number of carbonyl (C=O) groups is 1. The van der Waals surface area contributed by atoms with Gasteiger partial charge in [0.25, 0.3) is 0 Å². The zero-order valence-electron chi connectivity index (χ0n) is 15.6. The number of carbonyl (C=O) groups excluding carboxylic acids is 1. The second-order valence-electron chi connectivity index (χ2n) is 7.14. The van der Waals surface area contributed by atoms with Gasteiger partial charge in [0.1, 0.15) is 5.82 Å². The Balaban J connectivity index is 1.32. The lowest BCUT2D eigenvalue weighted by Gasteiger charge is -2.33. The van der Waals surface area contributed by atoms with E-state index in [1.165, 1.54) is 5.56 Å². The average molecular weight is 363 g/mol.